The van der Waals surface area contributed by atoms with Crippen LogP contribution in [0.3, 0.4) is 0 Å². The molecule has 0 fully saturated rings. The van der Waals surface area contributed by atoms with Gasteiger partial charge in [-0.15, -0.1) is 0 Å². The van der Waals surface area contributed by atoms with E-state index in [1.54, 1.807) is 19.3 Å². The highest BCUT2D eigenvalue weighted by atomic mass is 32.2. The summed E-state index contributed by atoms with van der Waals surface area (Å²) in [6, 6.07) is 8.42. The summed E-state index contributed by atoms with van der Waals surface area (Å²) >= 11 is 0. The van der Waals surface area contributed by atoms with Crippen molar-refractivity contribution in [3.63, 3.8) is 0 Å². The first kappa shape index (κ1) is 19.8. The molecular formula is C22H20FN3O4S. The average Bonchev–Trinajstić information content (AvgIpc) is 3.26. The van der Waals surface area contributed by atoms with Gasteiger partial charge in [0.05, 0.1) is 15.9 Å². The van der Waals surface area contributed by atoms with Crippen LogP contribution in [0.4, 0.5) is 4.39 Å². The third-order valence-corrected chi connectivity index (χ3v) is 7.48. The van der Waals surface area contributed by atoms with E-state index in [2.05, 4.69) is 4.90 Å². The number of aryl methyl sites for hydroxylation is 1. The van der Waals surface area contributed by atoms with Gasteiger partial charge >= 0.3 is 5.76 Å². The van der Waals surface area contributed by atoms with Crippen molar-refractivity contribution in [2.24, 2.45) is 7.05 Å². The van der Waals surface area contributed by atoms with Gasteiger partial charge in [-0.1, -0.05) is 6.08 Å². The minimum Gasteiger partial charge on any atom is -0.408 e. The lowest BCUT2D eigenvalue weighted by molar-refractivity contribution is 0.370. The standard InChI is InChI=1S/C22H20FN3O4S/c1-24-9-7-14(8-10-24)18-13-26(19-5-3-15(23)11-17(18)19)31(28,29)16-4-6-20-21(12-16)30-22(27)25(20)2/h3-7,11-13H,8-10H2,1-2H3. The molecule has 160 valence electrons. The molecular weight excluding hydrogens is 421 g/mol. The number of oxazole rings is 1. The van der Waals surface area contributed by atoms with Crippen LogP contribution in [-0.4, -0.2) is 42.0 Å². The lowest BCUT2D eigenvalue weighted by atomic mass is 9.99. The number of rotatable bonds is 3. The van der Waals surface area contributed by atoms with Crippen LogP contribution >= 0.6 is 0 Å². The van der Waals surface area contributed by atoms with Gasteiger partial charge in [0.25, 0.3) is 10.0 Å². The lowest BCUT2D eigenvalue weighted by Crippen LogP contribution is -2.23. The molecule has 0 spiro atoms. The zero-order valence-corrected chi connectivity index (χ0v) is 17.8. The van der Waals surface area contributed by atoms with Crippen LogP contribution in [0.1, 0.15) is 12.0 Å². The Morgan fingerprint density at radius 3 is 2.58 bits per heavy atom. The Morgan fingerprint density at radius 1 is 1.06 bits per heavy atom. The van der Waals surface area contributed by atoms with Gasteiger partial charge in [0, 0.05) is 43.4 Å². The van der Waals surface area contributed by atoms with Gasteiger partial charge in [-0.3, -0.25) is 4.57 Å². The Kier molecular flexibility index (Phi) is 4.42. The fourth-order valence-corrected chi connectivity index (χ4v) is 5.42. The van der Waals surface area contributed by atoms with E-state index in [4.69, 9.17) is 4.42 Å². The topological polar surface area (TPSA) is 77.5 Å². The van der Waals surface area contributed by atoms with Crippen molar-refractivity contribution in [2.45, 2.75) is 11.3 Å². The number of aromatic nitrogens is 2. The maximum absolute atomic E-state index is 14.1. The number of benzene rings is 2. The Balaban J connectivity index is 1.72. The number of likely N-dealkylation sites (N-methyl/N-ethyl adjacent to an activating group) is 1. The lowest BCUT2D eigenvalue weighted by Gasteiger charge is -2.21. The molecule has 0 amide bonds. The van der Waals surface area contributed by atoms with Crippen LogP contribution in [0.25, 0.3) is 27.6 Å². The molecule has 4 aromatic rings. The minimum atomic E-state index is -4.02. The van der Waals surface area contributed by atoms with E-state index in [9.17, 15) is 17.6 Å². The predicted molar refractivity (Wildman–Crippen MR) is 116 cm³/mol. The van der Waals surface area contributed by atoms with Crippen LogP contribution < -0.4 is 5.76 Å². The van der Waals surface area contributed by atoms with E-state index in [0.717, 1.165) is 25.1 Å². The van der Waals surface area contributed by atoms with Crippen LogP contribution in [-0.2, 0) is 17.1 Å². The summed E-state index contributed by atoms with van der Waals surface area (Å²) in [5.74, 6) is -0.993. The van der Waals surface area contributed by atoms with Gasteiger partial charge in [-0.2, -0.15) is 0 Å². The molecule has 2 aromatic carbocycles. The van der Waals surface area contributed by atoms with Crippen LogP contribution in [0.5, 0.6) is 0 Å². The van der Waals surface area contributed by atoms with Crippen LogP contribution in [0.15, 0.2) is 62.8 Å². The molecule has 2 aromatic heterocycles. The molecule has 0 saturated carbocycles. The van der Waals surface area contributed by atoms with Gasteiger partial charge < -0.3 is 9.32 Å². The second kappa shape index (κ2) is 6.93. The molecule has 0 N–H and O–H groups in total. The summed E-state index contributed by atoms with van der Waals surface area (Å²) in [5.41, 5.74) is 2.78. The monoisotopic (exact) mass is 441 g/mol. The molecule has 9 heteroatoms. The molecule has 0 bridgehead atoms. The Labute approximate surface area is 177 Å². The third-order valence-electron chi connectivity index (χ3n) is 5.81. The Hall–Kier alpha value is -3.17. The van der Waals surface area contributed by atoms with E-state index in [0.29, 0.717) is 22.0 Å². The van der Waals surface area contributed by atoms with Gasteiger partial charge in [0.15, 0.2) is 5.58 Å². The summed E-state index contributed by atoms with van der Waals surface area (Å²) in [5, 5.41) is 0.548. The van der Waals surface area contributed by atoms with Crippen molar-refractivity contribution in [1.82, 2.24) is 13.4 Å². The first-order valence-corrected chi connectivity index (χ1v) is 11.2. The highest BCUT2D eigenvalue weighted by Gasteiger charge is 2.24. The molecule has 1 aliphatic heterocycles. The number of fused-ring (bicyclic) bond motifs is 2. The Bertz CT molecular complexity index is 1540. The van der Waals surface area contributed by atoms with E-state index >= 15 is 0 Å². The normalized spacial score (nSPS) is 15.6. The second-order valence-electron chi connectivity index (χ2n) is 7.80. The maximum atomic E-state index is 14.1. The highest BCUT2D eigenvalue weighted by Crippen LogP contribution is 2.34. The van der Waals surface area contributed by atoms with Crippen molar-refractivity contribution >= 4 is 37.6 Å². The molecule has 1 aliphatic rings. The molecule has 3 heterocycles. The van der Waals surface area contributed by atoms with Gasteiger partial charge in [-0.05, 0) is 49.4 Å². The summed E-state index contributed by atoms with van der Waals surface area (Å²) < 4.78 is 48.8. The first-order chi connectivity index (χ1) is 14.8. The number of nitrogens with zero attached hydrogens (tertiary/aromatic N) is 3. The summed E-state index contributed by atoms with van der Waals surface area (Å²) in [6.07, 6.45) is 4.35. The van der Waals surface area contributed by atoms with E-state index in [1.807, 2.05) is 13.1 Å². The molecule has 0 saturated heterocycles. The van der Waals surface area contributed by atoms with Crippen molar-refractivity contribution in [3.8, 4) is 0 Å². The summed E-state index contributed by atoms with van der Waals surface area (Å²) in [4.78, 5) is 13.9. The zero-order chi connectivity index (χ0) is 21.9. The SMILES string of the molecule is CN1CC=C(c2cn(S(=O)(=O)c3ccc4c(c3)oc(=O)n4C)c3ccc(F)cc23)CC1. The van der Waals surface area contributed by atoms with Crippen LogP contribution in [0.2, 0.25) is 0 Å². The number of hydrogen-bond donors (Lipinski definition) is 0. The highest BCUT2D eigenvalue weighted by molar-refractivity contribution is 7.90. The van der Waals surface area contributed by atoms with E-state index in [-0.39, 0.29) is 10.5 Å². The zero-order valence-electron chi connectivity index (χ0n) is 17.0. The molecule has 31 heavy (non-hydrogen) atoms. The fourth-order valence-electron chi connectivity index (χ4n) is 4.03. The number of halogens is 1. The van der Waals surface area contributed by atoms with Gasteiger partial charge in [0.2, 0.25) is 0 Å². The Morgan fingerprint density at radius 2 is 1.84 bits per heavy atom. The molecule has 7 nitrogen and oxygen atoms in total. The molecule has 0 aliphatic carbocycles. The molecule has 5 rings (SSSR count). The first-order valence-electron chi connectivity index (χ1n) is 9.79. The summed E-state index contributed by atoms with van der Waals surface area (Å²) in [7, 11) is -0.451. The minimum absolute atomic E-state index is 0.0144. The van der Waals surface area contributed by atoms with Crippen molar-refractivity contribution in [3.05, 3.63) is 70.6 Å². The largest absolute Gasteiger partial charge is 0.419 e. The summed E-state index contributed by atoms with van der Waals surface area (Å²) in [6.45, 7) is 1.58. The second-order valence-corrected chi connectivity index (χ2v) is 9.62. The fraction of sp³-hybridized carbons (Fsp3) is 0.227. The van der Waals surface area contributed by atoms with Gasteiger partial charge in [0.1, 0.15) is 5.82 Å². The smallest absolute Gasteiger partial charge is 0.408 e. The predicted octanol–water partition coefficient (Wildman–Crippen LogP) is 3.18. The average molecular weight is 441 g/mol. The van der Waals surface area contributed by atoms with Crippen molar-refractivity contribution < 1.29 is 17.2 Å². The molecule has 0 atom stereocenters. The molecule has 0 unspecified atom stereocenters. The maximum Gasteiger partial charge on any atom is 0.419 e. The quantitative estimate of drug-likeness (QED) is 0.488. The van der Waals surface area contributed by atoms with Crippen molar-refractivity contribution in [2.75, 3.05) is 20.1 Å². The van der Waals surface area contributed by atoms with Crippen LogP contribution in [0, 0.1) is 5.82 Å². The van der Waals surface area contributed by atoms with Crippen molar-refractivity contribution in [1.29, 1.82) is 0 Å². The van der Waals surface area contributed by atoms with Gasteiger partial charge in [-0.25, -0.2) is 21.6 Å². The number of hydrogen-bond acceptors (Lipinski definition) is 5. The molecule has 0 radical (unpaired) electrons. The van der Waals surface area contributed by atoms with E-state index < -0.39 is 21.6 Å². The van der Waals surface area contributed by atoms with E-state index in [1.165, 1.54) is 38.9 Å². The third kappa shape index (κ3) is 3.12.